The van der Waals surface area contributed by atoms with Crippen LogP contribution in [0.25, 0.3) is 10.2 Å². The monoisotopic (exact) mass is 312 g/mol. The second kappa shape index (κ2) is 5.79. The van der Waals surface area contributed by atoms with Crippen molar-refractivity contribution in [3.8, 4) is 0 Å². The molecule has 1 atom stereocenters. The van der Waals surface area contributed by atoms with Gasteiger partial charge in [0.05, 0.1) is 18.0 Å². The van der Waals surface area contributed by atoms with E-state index >= 15 is 0 Å². The van der Waals surface area contributed by atoms with Crippen molar-refractivity contribution in [3.05, 3.63) is 25.6 Å². The van der Waals surface area contributed by atoms with Gasteiger partial charge in [-0.3, -0.25) is 9.36 Å². The number of hydrogen-bond acceptors (Lipinski definition) is 4. The number of nitrogens with one attached hydrogen (secondary N) is 1. The molecule has 1 N–H and O–H groups in total. The van der Waals surface area contributed by atoms with Crippen LogP contribution in [0, 0.1) is 24.5 Å². The molecule has 0 radical (unpaired) electrons. The SMILES string of the molecule is COCC(C(C)C)n1c(=S)[nH]c2sc(C)c(C)c2c1=O. The van der Waals surface area contributed by atoms with E-state index in [4.69, 9.17) is 17.0 Å². The summed E-state index contributed by atoms with van der Waals surface area (Å²) >= 11 is 6.97. The highest BCUT2D eigenvalue weighted by Crippen LogP contribution is 2.27. The summed E-state index contributed by atoms with van der Waals surface area (Å²) in [6.07, 6.45) is 0. The van der Waals surface area contributed by atoms with Crippen LogP contribution in [0.3, 0.4) is 0 Å². The lowest BCUT2D eigenvalue weighted by atomic mass is 10.1. The molecule has 2 heterocycles. The van der Waals surface area contributed by atoms with E-state index in [1.165, 1.54) is 0 Å². The van der Waals surface area contributed by atoms with Crippen LogP contribution in [-0.4, -0.2) is 23.3 Å². The van der Waals surface area contributed by atoms with Crippen molar-refractivity contribution in [3.63, 3.8) is 0 Å². The van der Waals surface area contributed by atoms with Gasteiger partial charge in [-0.15, -0.1) is 11.3 Å². The molecule has 0 spiro atoms. The lowest BCUT2D eigenvalue weighted by Crippen LogP contribution is -2.32. The summed E-state index contributed by atoms with van der Waals surface area (Å²) < 4.78 is 7.40. The maximum Gasteiger partial charge on any atom is 0.263 e. The predicted molar refractivity (Wildman–Crippen MR) is 86.5 cm³/mol. The predicted octanol–water partition coefficient (Wildman–Crippen LogP) is 3.58. The Kier molecular flexibility index (Phi) is 4.46. The summed E-state index contributed by atoms with van der Waals surface area (Å²) in [5.74, 6) is 0.264. The van der Waals surface area contributed by atoms with Gasteiger partial charge < -0.3 is 9.72 Å². The Labute approximate surface area is 127 Å². The van der Waals surface area contributed by atoms with Crippen LogP contribution < -0.4 is 5.56 Å². The number of fused-ring (bicyclic) bond motifs is 1. The summed E-state index contributed by atoms with van der Waals surface area (Å²) in [7, 11) is 1.64. The normalized spacial score (nSPS) is 13.3. The molecule has 2 rings (SSSR count). The van der Waals surface area contributed by atoms with Crippen molar-refractivity contribution >= 4 is 33.8 Å². The van der Waals surface area contributed by atoms with E-state index in [1.54, 1.807) is 23.0 Å². The van der Waals surface area contributed by atoms with Gasteiger partial charge in [-0.25, -0.2) is 0 Å². The van der Waals surface area contributed by atoms with Gasteiger partial charge in [0.2, 0.25) is 0 Å². The molecule has 0 aliphatic carbocycles. The van der Waals surface area contributed by atoms with Crippen LogP contribution >= 0.6 is 23.6 Å². The Balaban J connectivity index is 2.79. The molecule has 0 aromatic carbocycles. The van der Waals surface area contributed by atoms with Gasteiger partial charge in [0, 0.05) is 12.0 Å². The van der Waals surface area contributed by atoms with Crippen molar-refractivity contribution in [1.29, 1.82) is 0 Å². The summed E-state index contributed by atoms with van der Waals surface area (Å²) in [6.45, 7) is 8.62. The number of H-pyrrole nitrogens is 1. The fourth-order valence-electron chi connectivity index (χ4n) is 2.38. The second-order valence-corrected chi connectivity index (χ2v) is 6.97. The van der Waals surface area contributed by atoms with Crippen molar-refractivity contribution in [1.82, 2.24) is 9.55 Å². The summed E-state index contributed by atoms with van der Waals surface area (Å²) in [6, 6.07) is -0.0553. The molecule has 1 unspecified atom stereocenters. The first-order chi connectivity index (χ1) is 9.38. The van der Waals surface area contributed by atoms with E-state index in [2.05, 4.69) is 18.8 Å². The molecule has 0 fully saturated rings. The van der Waals surface area contributed by atoms with E-state index in [9.17, 15) is 4.79 Å². The molecule has 0 saturated carbocycles. The Bertz CT molecular complexity index is 740. The van der Waals surface area contributed by atoms with Crippen LogP contribution in [0.15, 0.2) is 4.79 Å². The minimum absolute atomic E-state index is 0.0126. The fourth-order valence-corrected chi connectivity index (χ4v) is 3.82. The lowest BCUT2D eigenvalue weighted by Gasteiger charge is -2.22. The van der Waals surface area contributed by atoms with Gasteiger partial charge in [0.15, 0.2) is 4.77 Å². The molecule has 2 aromatic rings. The van der Waals surface area contributed by atoms with E-state index in [-0.39, 0.29) is 17.5 Å². The minimum Gasteiger partial charge on any atom is -0.383 e. The van der Waals surface area contributed by atoms with Gasteiger partial charge in [-0.1, -0.05) is 13.8 Å². The average molecular weight is 312 g/mol. The molecule has 6 heteroatoms. The molecular formula is C14H20N2O2S2. The van der Waals surface area contributed by atoms with Gasteiger partial charge >= 0.3 is 0 Å². The first-order valence-corrected chi connectivity index (χ1v) is 7.84. The van der Waals surface area contributed by atoms with Gasteiger partial charge in [-0.2, -0.15) is 0 Å². The molecule has 0 aliphatic rings. The van der Waals surface area contributed by atoms with E-state index in [1.807, 2.05) is 13.8 Å². The topological polar surface area (TPSA) is 47.0 Å². The largest absolute Gasteiger partial charge is 0.383 e. The number of aromatic nitrogens is 2. The number of aryl methyl sites for hydroxylation is 2. The zero-order chi connectivity index (χ0) is 15.0. The molecule has 0 bridgehead atoms. The van der Waals surface area contributed by atoms with Crippen LogP contribution in [0.1, 0.15) is 30.3 Å². The van der Waals surface area contributed by atoms with E-state index < -0.39 is 0 Å². The maximum atomic E-state index is 12.8. The highest BCUT2D eigenvalue weighted by Gasteiger charge is 2.21. The van der Waals surface area contributed by atoms with E-state index in [0.717, 1.165) is 20.7 Å². The Morgan fingerprint density at radius 2 is 2.05 bits per heavy atom. The zero-order valence-corrected chi connectivity index (χ0v) is 14.1. The number of methoxy groups -OCH3 is 1. The summed E-state index contributed by atoms with van der Waals surface area (Å²) in [4.78, 5) is 18.0. The first kappa shape index (κ1) is 15.4. The van der Waals surface area contributed by atoms with Crippen molar-refractivity contribution in [2.75, 3.05) is 13.7 Å². The van der Waals surface area contributed by atoms with E-state index in [0.29, 0.717) is 11.4 Å². The third-order valence-electron chi connectivity index (χ3n) is 3.70. The second-order valence-electron chi connectivity index (χ2n) is 5.36. The average Bonchev–Trinajstić information content (AvgIpc) is 2.63. The van der Waals surface area contributed by atoms with Gasteiger partial charge in [-0.05, 0) is 37.5 Å². The smallest absolute Gasteiger partial charge is 0.263 e. The lowest BCUT2D eigenvalue weighted by molar-refractivity contribution is 0.130. The highest BCUT2D eigenvalue weighted by atomic mass is 32.1. The van der Waals surface area contributed by atoms with Crippen LogP contribution in [0.2, 0.25) is 0 Å². The fraction of sp³-hybridized carbons (Fsp3) is 0.571. The van der Waals surface area contributed by atoms with Crippen molar-refractivity contribution < 1.29 is 4.74 Å². The Hall–Kier alpha value is -0.980. The van der Waals surface area contributed by atoms with Crippen molar-refractivity contribution in [2.24, 2.45) is 5.92 Å². The quantitative estimate of drug-likeness (QED) is 0.878. The molecule has 0 aliphatic heterocycles. The molecular weight excluding hydrogens is 292 g/mol. The number of aromatic amines is 1. The molecule has 0 amide bonds. The number of nitrogens with zero attached hydrogens (tertiary/aromatic N) is 1. The molecule has 2 aromatic heterocycles. The number of ether oxygens (including phenoxy) is 1. The van der Waals surface area contributed by atoms with Crippen LogP contribution in [0.5, 0.6) is 0 Å². The van der Waals surface area contributed by atoms with Crippen LogP contribution in [0.4, 0.5) is 0 Å². The Morgan fingerprint density at radius 1 is 1.40 bits per heavy atom. The van der Waals surface area contributed by atoms with Crippen molar-refractivity contribution in [2.45, 2.75) is 33.7 Å². The minimum atomic E-state index is -0.0553. The van der Waals surface area contributed by atoms with Crippen LogP contribution in [-0.2, 0) is 4.74 Å². The highest BCUT2D eigenvalue weighted by molar-refractivity contribution is 7.71. The van der Waals surface area contributed by atoms with Gasteiger partial charge in [0.25, 0.3) is 5.56 Å². The Morgan fingerprint density at radius 3 is 2.60 bits per heavy atom. The number of thiophene rings is 1. The molecule has 4 nitrogen and oxygen atoms in total. The summed E-state index contributed by atoms with van der Waals surface area (Å²) in [5, 5.41) is 0.753. The third kappa shape index (κ3) is 2.47. The maximum absolute atomic E-state index is 12.8. The molecule has 20 heavy (non-hydrogen) atoms. The summed E-state index contributed by atoms with van der Waals surface area (Å²) in [5.41, 5.74) is 1.02. The number of hydrogen-bond donors (Lipinski definition) is 1. The zero-order valence-electron chi connectivity index (χ0n) is 12.4. The standard InChI is InChI=1S/C14H20N2O2S2/c1-7(2)10(6-18-5)16-13(17)11-8(3)9(4)20-12(11)15-14(16)19/h7,10H,6H2,1-5H3,(H,15,19). The van der Waals surface area contributed by atoms with Gasteiger partial charge in [0.1, 0.15) is 4.83 Å². The third-order valence-corrected chi connectivity index (χ3v) is 5.12. The first-order valence-electron chi connectivity index (χ1n) is 6.62. The molecule has 110 valence electrons. The molecule has 0 saturated heterocycles. The number of rotatable bonds is 4.